The average Bonchev–Trinajstić information content (AvgIpc) is 3.10. The maximum absolute atomic E-state index is 12.4. The van der Waals surface area contributed by atoms with Crippen molar-refractivity contribution < 1.29 is 24.2 Å². The van der Waals surface area contributed by atoms with Crippen LogP contribution >= 0.6 is 0 Å². The molecule has 7 heteroatoms. The number of hydrogen-bond donors (Lipinski definition) is 3. The van der Waals surface area contributed by atoms with Gasteiger partial charge in [-0.25, -0.2) is 0 Å². The molecular formula is C20H22N2O5. The maximum Gasteiger partial charge on any atom is 0.255 e. The number of ether oxygens (including phenoxy) is 2. The fraction of sp³-hybridized carbons (Fsp3) is 0.300. The Labute approximate surface area is 157 Å². The molecule has 7 nitrogen and oxygen atoms in total. The van der Waals surface area contributed by atoms with Gasteiger partial charge in [0.2, 0.25) is 12.7 Å². The second-order valence-corrected chi connectivity index (χ2v) is 6.99. The highest BCUT2D eigenvalue weighted by atomic mass is 16.7. The number of anilines is 1. The van der Waals surface area contributed by atoms with Crippen LogP contribution in [0.4, 0.5) is 5.69 Å². The number of carbonyl (C=O) groups is 2. The van der Waals surface area contributed by atoms with Crippen LogP contribution in [0.15, 0.2) is 42.5 Å². The molecule has 3 N–H and O–H groups in total. The van der Waals surface area contributed by atoms with Gasteiger partial charge in [0.25, 0.3) is 5.91 Å². The zero-order valence-corrected chi connectivity index (χ0v) is 15.2. The van der Waals surface area contributed by atoms with Gasteiger partial charge < -0.3 is 25.2 Å². The van der Waals surface area contributed by atoms with Crippen LogP contribution in [0.5, 0.6) is 11.5 Å². The van der Waals surface area contributed by atoms with Crippen molar-refractivity contribution in [2.24, 2.45) is 0 Å². The molecule has 0 saturated heterocycles. The predicted octanol–water partition coefficient (Wildman–Crippen LogP) is 2.10. The zero-order valence-electron chi connectivity index (χ0n) is 15.2. The van der Waals surface area contributed by atoms with Gasteiger partial charge in [0.05, 0.1) is 18.6 Å². The summed E-state index contributed by atoms with van der Waals surface area (Å²) in [4.78, 5) is 24.4. The van der Waals surface area contributed by atoms with E-state index >= 15 is 0 Å². The van der Waals surface area contributed by atoms with Gasteiger partial charge in [0, 0.05) is 11.3 Å². The summed E-state index contributed by atoms with van der Waals surface area (Å²) in [6.07, 6.45) is 0.194. The van der Waals surface area contributed by atoms with Crippen LogP contribution in [0.1, 0.15) is 29.8 Å². The number of rotatable bonds is 6. The van der Waals surface area contributed by atoms with E-state index in [2.05, 4.69) is 10.6 Å². The highest BCUT2D eigenvalue weighted by Crippen LogP contribution is 2.32. The number of carbonyl (C=O) groups excluding carboxylic acids is 2. The standard InChI is InChI=1S/C20H22N2O5/c1-20(2,11-23)22-18(24)9-13-3-6-15(7-4-13)21-19(25)14-5-8-16-17(10-14)27-12-26-16/h3-8,10,23H,9,11-12H2,1-2H3,(H,21,25)(H,22,24). The number of hydrogen-bond acceptors (Lipinski definition) is 5. The summed E-state index contributed by atoms with van der Waals surface area (Å²) in [6.45, 7) is 3.52. The largest absolute Gasteiger partial charge is 0.454 e. The molecule has 2 aromatic rings. The summed E-state index contributed by atoms with van der Waals surface area (Å²) in [7, 11) is 0. The van der Waals surface area contributed by atoms with E-state index < -0.39 is 5.54 Å². The fourth-order valence-corrected chi connectivity index (χ4v) is 2.59. The SMILES string of the molecule is CC(C)(CO)NC(=O)Cc1ccc(NC(=O)c2ccc3c(c2)OCO3)cc1. The zero-order chi connectivity index (χ0) is 19.4. The van der Waals surface area contributed by atoms with Crippen LogP contribution < -0.4 is 20.1 Å². The molecule has 27 heavy (non-hydrogen) atoms. The second-order valence-electron chi connectivity index (χ2n) is 6.99. The molecule has 2 amide bonds. The molecular weight excluding hydrogens is 348 g/mol. The van der Waals surface area contributed by atoms with E-state index in [-0.39, 0.29) is 31.6 Å². The van der Waals surface area contributed by atoms with E-state index in [0.29, 0.717) is 22.7 Å². The first-order chi connectivity index (χ1) is 12.9. The van der Waals surface area contributed by atoms with Gasteiger partial charge in [0.1, 0.15) is 0 Å². The molecule has 1 heterocycles. The lowest BCUT2D eigenvalue weighted by Crippen LogP contribution is -2.46. The average molecular weight is 370 g/mol. The molecule has 2 aromatic carbocycles. The van der Waals surface area contributed by atoms with Gasteiger partial charge in [-0.05, 0) is 49.7 Å². The quantitative estimate of drug-likeness (QED) is 0.724. The van der Waals surface area contributed by atoms with E-state index in [1.165, 1.54) is 0 Å². The van der Waals surface area contributed by atoms with Crippen LogP contribution in [-0.4, -0.2) is 35.9 Å². The van der Waals surface area contributed by atoms with Gasteiger partial charge in [0.15, 0.2) is 11.5 Å². The number of fused-ring (bicyclic) bond motifs is 1. The van der Waals surface area contributed by atoms with Crippen molar-refractivity contribution >= 4 is 17.5 Å². The summed E-state index contributed by atoms with van der Waals surface area (Å²) < 4.78 is 10.5. The van der Waals surface area contributed by atoms with Crippen molar-refractivity contribution in [2.75, 3.05) is 18.7 Å². The molecule has 142 valence electrons. The first kappa shape index (κ1) is 18.7. The summed E-state index contributed by atoms with van der Waals surface area (Å²) in [5.74, 6) is 0.739. The van der Waals surface area contributed by atoms with Gasteiger partial charge in [-0.15, -0.1) is 0 Å². The molecule has 0 aliphatic carbocycles. The van der Waals surface area contributed by atoms with Crippen molar-refractivity contribution in [1.82, 2.24) is 5.32 Å². The van der Waals surface area contributed by atoms with Crippen LogP contribution in [0.3, 0.4) is 0 Å². The molecule has 0 radical (unpaired) electrons. The van der Waals surface area contributed by atoms with E-state index in [1.807, 2.05) is 0 Å². The first-order valence-electron chi connectivity index (χ1n) is 8.58. The van der Waals surface area contributed by atoms with Crippen LogP contribution in [-0.2, 0) is 11.2 Å². The van der Waals surface area contributed by atoms with E-state index in [9.17, 15) is 14.7 Å². The third-order valence-electron chi connectivity index (χ3n) is 4.08. The lowest BCUT2D eigenvalue weighted by molar-refractivity contribution is -0.122. The molecule has 1 aliphatic heterocycles. The van der Waals surface area contributed by atoms with Crippen LogP contribution in [0.2, 0.25) is 0 Å². The van der Waals surface area contributed by atoms with Gasteiger partial charge in [-0.1, -0.05) is 12.1 Å². The van der Waals surface area contributed by atoms with E-state index in [4.69, 9.17) is 9.47 Å². The Balaban J connectivity index is 1.59. The monoisotopic (exact) mass is 370 g/mol. The Morgan fingerprint density at radius 2 is 1.78 bits per heavy atom. The molecule has 0 bridgehead atoms. The summed E-state index contributed by atoms with van der Waals surface area (Å²) in [5, 5.41) is 14.8. The van der Waals surface area contributed by atoms with Crippen molar-refractivity contribution in [1.29, 1.82) is 0 Å². The van der Waals surface area contributed by atoms with E-state index in [0.717, 1.165) is 5.56 Å². The van der Waals surface area contributed by atoms with Crippen LogP contribution in [0.25, 0.3) is 0 Å². The molecule has 0 fully saturated rings. The lowest BCUT2D eigenvalue weighted by atomic mass is 10.1. The van der Waals surface area contributed by atoms with Crippen LogP contribution in [0, 0.1) is 0 Å². The second kappa shape index (κ2) is 7.67. The minimum Gasteiger partial charge on any atom is -0.454 e. The number of benzene rings is 2. The molecule has 0 atom stereocenters. The lowest BCUT2D eigenvalue weighted by Gasteiger charge is -2.23. The van der Waals surface area contributed by atoms with Gasteiger partial charge in [-0.2, -0.15) is 0 Å². The predicted molar refractivity (Wildman–Crippen MR) is 100.0 cm³/mol. The third-order valence-corrected chi connectivity index (χ3v) is 4.08. The highest BCUT2D eigenvalue weighted by Gasteiger charge is 2.19. The Morgan fingerprint density at radius 3 is 2.48 bits per heavy atom. The normalized spacial score (nSPS) is 12.6. The minimum atomic E-state index is -0.657. The maximum atomic E-state index is 12.4. The number of amides is 2. The van der Waals surface area contributed by atoms with Crippen molar-refractivity contribution in [3.8, 4) is 11.5 Å². The van der Waals surface area contributed by atoms with Crippen molar-refractivity contribution in [3.63, 3.8) is 0 Å². The van der Waals surface area contributed by atoms with Crippen molar-refractivity contribution in [3.05, 3.63) is 53.6 Å². The Hall–Kier alpha value is -3.06. The Bertz CT molecular complexity index is 846. The first-order valence-corrected chi connectivity index (χ1v) is 8.58. The number of nitrogens with one attached hydrogen (secondary N) is 2. The number of aliphatic hydroxyl groups excluding tert-OH is 1. The molecule has 3 rings (SSSR count). The third kappa shape index (κ3) is 4.77. The molecule has 0 spiro atoms. The fourth-order valence-electron chi connectivity index (χ4n) is 2.59. The summed E-state index contributed by atoms with van der Waals surface area (Å²) in [6, 6.07) is 12.0. The molecule has 0 saturated carbocycles. The molecule has 0 aromatic heterocycles. The minimum absolute atomic E-state index is 0.135. The summed E-state index contributed by atoms with van der Waals surface area (Å²) in [5.41, 5.74) is 1.24. The highest BCUT2D eigenvalue weighted by molar-refractivity contribution is 6.04. The number of aliphatic hydroxyl groups is 1. The Morgan fingerprint density at radius 1 is 1.07 bits per heavy atom. The smallest absolute Gasteiger partial charge is 0.255 e. The van der Waals surface area contributed by atoms with Gasteiger partial charge in [-0.3, -0.25) is 9.59 Å². The molecule has 1 aliphatic rings. The topological polar surface area (TPSA) is 96.9 Å². The Kier molecular flexibility index (Phi) is 5.32. The van der Waals surface area contributed by atoms with Gasteiger partial charge >= 0.3 is 0 Å². The molecule has 0 unspecified atom stereocenters. The van der Waals surface area contributed by atoms with E-state index in [1.54, 1.807) is 56.3 Å². The van der Waals surface area contributed by atoms with Crippen molar-refractivity contribution in [2.45, 2.75) is 25.8 Å². The summed E-state index contributed by atoms with van der Waals surface area (Å²) >= 11 is 0.